The molecule has 0 fully saturated rings. The van der Waals surface area contributed by atoms with Crippen molar-refractivity contribution in [2.45, 2.75) is 32.3 Å². The summed E-state index contributed by atoms with van der Waals surface area (Å²) in [4.78, 5) is 11.1. The van der Waals surface area contributed by atoms with E-state index < -0.39 is 11.4 Å². The smallest absolute Gasteiger partial charge is 0.304 e. The highest BCUT2D eigenvalue weighted by Gasteiger charge is 2.31. The number of hydrogen-bond donors (Lipinski definition) is 1. The van der Waals surface area contributed by atoms with Gasteiger partial charge < -0.3 is 19.3 Å². The summed E-state index contributed by atoms with van der Waals surface area (Å²) in [5.74, 6) is 0.366. The van der Waals surface area contributed by atoms with Crippen molar-refractivity contribution in [3.05, 3.63) is 23.3 Å². The predicted octanol–water partition coefficient (Wildman–Crippen LogP) is 2.60. The Kier molecular flexibility index (Phi) is 5.39. The summed E-state index contributed by atoms with van der Waals surface area (Å²) in [6.45, 7) is 4.15. The number of aliphatic carboxylic acids is 1. The Balaban J connectivity index is 3.39. The highest BCUT2D eigenvalue weighted by molar-refractivity contribution is 5.70. The molecule has 5 nitrogen and oxygen atoms in total. The van der Waals surface area contributed by atoms with Crippen LogP contribution in [0.15, 0.2) is 12.1 Å². The number of benzene rings is 1. The second-order valence-corrected chi connectivity index (χ2v) is 5.26. The van der Waals surface area contributed by atoms with Gasteiger partial charge >= 0.3 is 5.97 Å². The Hall–Kier alpha value is -1.75. The van der Waals surface area contributed by atoms with Gasteiger partial charge in [-0.25, -0.2) is 0 Å². The van der Waals surface area contributed by atoms with E-state index in [4.69, 9.17) is 19.3 Å². The van der Waals surface area contributed by atoms with Crippen molar-refractivity contribution < 1.29 is 24.1 Å². The standard InChI is InChI=1S/C15H22O5/c1-15(2,8-13(16)17)14-11(19-4)6-10(9-18-3)7-12(14)20-5/h6-7H,8-9H2,1-5H3,(H,16,17). The van der Waals surface area contributed by atoms with E-state index in [1.54, 1.807) is 21.3 Å². The molecule has 0 aromatic heterocycles. The summed E-state index contributed by atoms with van der Waals surface area (Å²) in [6, 6.07) is 3.70. The Morgan fingerprint density at radius 3 is 2.00 bits per heavy atom. The highest BCUT2D eigenvalue weighted by atomic mass is 16.5. The monoisotopic (exact) mass is 282 g/mol. The van der Waals surface area contributed by atoms with Crippen molar-refractivity contribution in [1.29, 1.82) is 0 Å². The second kappa shape index (κ2) is 6.61. The average molecular weight is 282 g/mol. The average Bonchev–Trinajstić information content (AvgIpc) is 2.36. The van der Waals surface area contributed by atoms with E-state index in [1.807, 2.05) is 26.0 Å². The van der Waals surface area contributed by atoms with Crippen LogP contribution in [0.25, 0.3) is 0 Å². The van der Waals surface area contributed by atoms with Crippen LogP contribution in [0.1, 0.15) is 31.4 Å². The van der Waals surface area contributed by atoms with Crippen molar-refractivity contribution in [2.75, 3.05) is 21.3 Å². The maximum absolute atomic E-state index is 11.1. The van der Waals surface area contributed by atoms with E-state index in [0.29, 0.717) is 18.1 Å². The maximum Gasteiger partial charge on any atom is 0.304 e. The van der Waals surface area contributed by atoms with Crippen LogP contribution in [0.4, 0.5) is 0 Å². The van der Waals surface area contributed by atoms with Gasteiger partial charge in [-0.15, -0.1) is 0 Å². The summed E-state index contributed by atoms with van der Waals surface area (Å²) in [5, 5.41) is 9.07. The lowest BCUT2D eigenvalue weighted by Gasteiger charge is -2.28. The normalized spacial score (nSPS) is 11.2. The fourth-order valence-electron chi connectivity index (χ4n) is 2.35. The van der Waals surface area contributed by atoms with Gasteiger partial charge in [-0.3, -0.25) is 4.79 Å². The number of carboxylic acid groups (broad SMARTS) is 1. The van der Waals surface area contributed by atoms with Gasteiger partial charge in [-0.2, -0.15) is 0 Å². The van der Waals surface area contributed by atoms with E-state index in [2.05, 4.69) is 0 Å². The van der Waals surface area contributed by atoms with Crippen molar-refractivity contribution in [3.8, 4) is 11.5 Å². The molecule has 1 rings (SSSR count). The molecule has 1 aromatic rings. The van der Waals surface area contributed by atoms with Crippen LogP contribution in [0.2, 0.25) is 0 Å². The molecule has 0 radical (unpaired) electrons. The molecule has 112 valence electrons. The first kappa shape index (κ1) is 16.3. The van der Waals surface area contributed by atoms with E-state index in [1.165, 1.54) is 0 Å². The van der Waals surface area contributed by atoms with E-state index >= 15 is 0 Å². The van der Waals surface area contributed by atoms with Gasteiger partial charge in [0, 0.05) is 18.1 Å². The fraction of sp³-hybridized carbons (Fsp3) is 0.533. The first-order valence-electron chi connectivity index (χ1n) is 6.31. The molecular weight excluding hydrogens is 260 g/mol. The molecule has 0 aliphatic heterocycles. The highest BCUT2D eigenvalue weighted by Crippen LogP contribution is 2.42. The number of carbonyl (C=O) groups is 1. The largest absolute Gasteiger partial charge is 0.496 e. The topological polar surface area (TPSA) is 65.0 Å². The zero-order valence-corrected chi connectivity index (χ0v) is 12.6. The number of carboxylic acids is 1. The van der Waals surface area contributed by atoms with Gasteiger partial charge in [0.25, 0.3) is 0 Å². The van der Waals surface area contributed by atoms with Crippen LogP contribution in [0.5, 0.6) is 11.5 Å². The van der Waals surface area contributed by atoms with Gasteiger partial charge in [0.15, 0.2) is 0 Å². The third kappa shape index (κ3) is 3.63. The lowest BCUT2D eigenvalue weighted by molar-refractivity contribution is -0.138. The number of methoxy groups -OCH3 is 3. The van der Waals surface area contributed by atoms with Crippen LogP contribution in [-0.2, 0) is 21.6 Å². The number of rotatable bonds is 7. The third-order valence-corrected chi connectivity index (χ3v) is 3.15. The number of hydrogen-bond acceptors (Lipinski definition) is 4. The van der Waals surface area contributed by atoms with Crippen LogP contribution < -0.4 is 9.47 Å². The molecule has 5 heteroatoms. The zero-order valence-electron chi connectivity index (χ0n) is 12.6. The van der Waals surface area contributed by atoms with Gasteiger partial charge in [-0.1, -0.05) is 13.8 Å². The molecular formula is C15H22O5. The summed E-state index contributed by atoms with van der Waals surface area (Å²) >= 11 is 0. The Bertz CT molecular complexity index is 454. The lowest BCUT2D eigenvalue weighted by Crippen LogP contribution is -2.23. The molecule has 1 aromatic carbocycles. The van der Waals surface area contributed by atoms with Crippen LogP contribution in [0.3, 0.4) is 0 Å². The molecule has 0 saturated carbocycles. The molecule has 0 spiro atoms. The zero-order chi connectivity index (χ0) is 15.3. The van der Waals surface area contributed by atoms with Gasteiger partial charge in [0.2, 0.25) is 0 Å². The van der Waals surface area contributed by atoms with Crippen molar-refractivity contribution in [2.24, 2.45) is 0 Å². The molecule has 20 heavy (non-hydrogen) atoms. The maximum atomic E-state index is 11.1. The van der Waals surface area contributed by atoms with Gasteiger partial charge in [-0.05, 0) is 17.7 Å². The molecule has 0 aliphatic carbocycles. The van der Waals surface area contributed by atoms with Crippen LogP contribution >= 0.6 is 0 Å². The predicted molar refractivity (Wildman–Crippen MR) is 75.5 cm³/mol. The van der Waals surface area contributed by atoms with Crippen molar-refractivity contribution in [3.63, 3.8) is 0 Å². The van der Waals surface area contributed by atoms with Crippen LogP contribution in [0, 0.1) is 0 Å². The SMILES string of the molecule is COCc1cc(OC)c(C(C)(C)CC(=O)O)c(OC)c1. The molecule has 0 amide bonds. The van der Waals surface area contributed by atoms with E-state index in [-0.39, 0.29) is 6.42 Å². The van der Waals surface area contributed by atoms with Crippen molar-refractivity contribution in [1.82, 2.24) is 0 Å². The molecule has 0 heterocycles. The first-order chi connectivity index (χ1) is 9.35. The molecule has 0 aliphatic rings. The quantitative estimate of drug-likeness (QED) is 0.832. The fourth-order valence-corrected chi connectivity index (χ4v) is 2.35. The van der Waals surface area contributed by atoms with E-state index in [0.717, 1.165) is 11.1 Å². The second-order valence-electron chi connectivity index (χ2n) is 5.26. The minimum Gasteiger partial charge on any atom is -0.496 e. The van der Waals surface area contributed by atoms with Crippen molar-refractivity contribution >= 4 is 5.97 Å². The summed E-state index contributed by atoms with van der Waals surface area (Å²) in [6.07, 6.45) is -0.0106. The van der Waals surface area contributed by atoms with Crippen LogP contribution in [-0.4, -0.2) is 32.4 Å². The summed E-state index contributed by atoms with van der Waals surface area (Å²) in [5.41, 5.74) is 1.06. The van der Waals surface area contributed by atoms with Gasteiger partial charge in [0.05, 0.1) is 27.2 Å². The Morgan fingerprint density at radius 2 is 1.65 bits per heavy atom. The summed E-state index contributed by atoms with van der Waals surface area (Å²) < 4.78 is 15.9. The third-order valence-electron chi connectivity index (χ3n) is 3.15. The molecule has 0 bridgehead atoms. The lowest BCUT2D eigenvalue weighted by atomic mass is 9.80. The molecule has 0 unspecified atom stereocenters. The van der Waals surface area contributed by atoms with E-state index in [9.17, 15) is 4.79 Å². The minimum absolute atomic E-state index is 0.0106. The Morgan fingerprint density at radius 1 is 1.15 bits per heavy atom. The summed E-state index contributed by atoms with van der Waals surface area (Å²) in [7, 11) is 4.73. The number of ether oxygens (including phenoxy) is 3. The Labute approximate surface area is 119 Å². The first-order valence-corrected chi connectivity index (χ1v) is 6.31. The molecule has 0 atom stereocenters. The minimum atomic E-state index is -0.861. The molecule has 0 saturated heterocycles. The van der Waals surface area contributed by atoms with Gasteiger partial charge in [0.1, 0.15) is 11.5 Å². The molecule has 1 N–H and O–H groups in total.